The van der Waals surface area contributed by atoms with E-state index in [-0.39, 0.29) is 4.90 Å². The van der Waals surface area contributed by atoms with Gasteiger partial charge in [-0.15, -0.1) is 0 Å². The molecule has 1 aromatic carbocycles. The molecule has 1 aromatic heterocycles. The Kier molecular flexibility index (Phi) is 5.14. The Morgan fingerprint density at radius 3 is 2.29 bits per heavy atom. The number of hydrogen-bond donors (Lipinski definition) is 1. The Labute approximate surface area is 141 Å². The van der Waals surface area contributed by atoms with Crippen molar-refractivity contribution in [1.82, 2.24) is 14.7 Å². The molecule has 24 heavy (non-hydrogen) atoms. The molecule has 2 aromatic rings. The van der Waals surface area contributed by atoms with Gasteiger partial charge in [0.05, 0.1) is 10.6 Å². The molecule has 0 spiro atoms. The molecule has 0 fully saturated rings. The molecule has 0 radical (unpaired) electrons. The first-order valence-corrected chi connectivity index (χ1v) is 8.79. The number of benzene rings is 1. The first-order valence-electron chi connectivity index (χ1n) is 7.30. The summed E-state index contributed by atoms with van der Waals surface area (Å²) in [5, 5.41) is 0. The molecule has 126 valence electrons. The molecule has 0 saturated heterocycles. The summed E-state index contributed by atoms with van der Waals surface area (Å²) in [4.78, 5) is 19.8. The number of amides is 1. The zero-order valence-corrected chi connectivity index (χ0v) is 14.8. The van der Waals surface area contributed by atoms with E-state index < -0.39 is 15.9 Å². The van der Waals surface area contributed by atoms with E-state index in [4.69, 9.17) is 0 Å². The van der Waals surface area contributed by atoms with Gasteiger partial charge in [0.15, 0.2) is 0 Å². The number of aryl methyl sites for hydroxylation is 2. The summed E-state index contributed by atoms with van der Waals surface area (Å²) in [5.74, 6) is -0.730. The van der Waals surface area contributed by atoms with Crippen LogP contribution < -0.4 is 4.72 Å². The Hall–Kier alpha value is -2.54. The molecule has 1 amide bonds. The van der Waals surface area contributed by atoms with Crippen LogP contribution in [0.25, 0.3) is 6.08 Å². The highest BCUT2D eigenvalue weighted by molar-refractivity contribution is 7.90. The quantitative estimate of drug-likeness (QED) is 0.858. The van der Waals surface area contributed by atoms with E-state index in [0.717, 1.165) is 17.2 Å². The van der Waals surface area contributed by atoms with Crippen molar-refractivity contribution in [2.45, 2.75) is 32.6 Å². The zero-order chi connectivity index (χ0) is 17.9. The van der Waals surface area contributed by atoms with Gasteiger partial charge in [-0.1, -0.05) is 6.07 Å². The van der Waals surface area contributed by atoms with Crippen LogP contribution in [0.4, 0.5) is 0 Å². The van der Waals surface area contributed by atoms with Crippen LogP contribution in [0.3, 0.4) is 0 Å². The molecule has 0 aliphatic rings. The molecule has 0 saturated carbocycles. The third-order valence-electron chi connectivity index (χ3n) is 3.81. The van der Waals surface area contributed by atoms with Crippen LogP contribution in [0.2, 0.25) is 0 Å². The Balaban J connectivity index is 2.29. The Bertz CT molecular complexity index is 878. The van der Waals surface area contributed by atoms with Crippen LogP contribution in [-0.4, -0.2) is 24.3 Å². The zero-order valence-electron chi connectivity index (χ0n) is 14.0. The van der Waals surface area contributed by atoms with Crippen LogP contribution in [0.5, 0.6) is 0 Å². The maximum atomic E-state index is 12.6. The number of sulfonamides is 1. The van der Waals surface area contributed by atoms with E-state index in [1.807, 2.05) is 19.9 Å². The molecule has 6 nitrogen and oxygen atoms in total. The van der Waals surface area contributed by atoms with Crippen molar-refractivity contribution in [2.75, 3.05) is 0 Å². The highest BCUT2D eigenvalue weighted by atomic mass is 32.2. The number of aromatic nitrogens is 2. The van der Waals surface area contributed by atoms with Crippen LogP contribution in [0.1, 0.15) is 27.9 Å². The van der Waals surface area contributed by atoms with Crippen molar-refractivity contribution >= 4 is 22.0 Å². The molecule has 0 atom stereocenters. The summed E-state index contributed by atoms with van der Waals surface area (Å²) in [7, 11) is -3.95. The Morgan fingerprint density at radius 2 is 1.75 bits per heavy atom. The monoisotopic (exact) mass is 345 g/mol. The number of nitrogens with one attached hydrogen (secondary N) is 1. The first kappa shape index (κ1) is 17.8. The highest BCUT2D eigenvalue weighted by Gasteiger charge is 2.23. The molecule has 7 heteroatoms. The van der Waals surface area contributed by atoms with Crippen molar-refractivity contribution in [2.24, 2.45) is 0 Å². The molecule has 0 aliphatic heterocycles. The highest BCUT2D eigenvalue weighted by Crippen LogP contribution is 2.25. The van der Waals surface area contributed by atoms with Gasteiger partial charge in [0, 0.05) is 12.3 Å². The molecule has 1 heterocycles. The van der Waals surface area contributed by atoms with Gasteiger partial charge in [-0.05, 0) is 62.1 Å². The van der Waals surface area contributed by atoms with E-state index in [1.54, 1.807) is 19.9 Å². The van der Waals surface area contributed by atoms with Crippen molar-refractivity contribution in [1.29, 1.82) is 0 Å². The average Bonchev–Trinajstić information content (AvgIpc) is 2.51. The second-order valence-electron chi connectivity index (χ2n) is 5.53. The lowest BCUT2D eigenvalue weighted by molar-refractivity contribution is -0.114. The number of nitrogens with zero attached hydrogens (tertiary/aromatic N) is 2. The second-order valence-corrected chi connectivity index (χ2v) is 7.15. The fourth-order valence-corrected chi connectivity index (χ4v) is 3.92. The minimum atomic E-state index is -3.95. The lowest BCUT2D eigenvalue weighted by Crippen LogP contribution is -2.30. The third kappa shape index (κ3) is 3.86. The van der Waals surface area contributed by atoms with Crippen LogP contribution in [-0.2, 0) is 14.8 Å². The lowest BCUT2D eigenvalue weighted by Gasteiger charge is -2.15. The van der Waals surface area contributed by atoms with Gasteiger partial charge in [-0.25, -0.2) is 23.1 Å². The first-order chi connectivity index (χ1) is 11.2. The standard InChI is InChI=1S/C17H19N3O3S/c1-11-9-12(2)14(4)17(13(11)3)24(22,23)20-16(21)6-5-15-7-8-18-10-19-15/h5-10H,1-4H3,(H,20,21). The van der Waals surface area contributed by atoms with Crippen LogP contribution in [0, 0.1) is 27.7 Å². The lowest BCUT2D eigenvalue weighted by atomic mass is 10.0. The molecular weight excluding hydrogens is 326 g/mol. The predicted molar refractivity (Wildman–Crippen MR) is 91.8 cm³/mol. The van der Waals surface area contributed by atoms with E-state index >= 15 is 0 Å². The summed E-state index contributed by atoms with van der Waals surface area (Å²) in [6.45, 7) is 7.16. The van der Waals surface area contributed by atoms with Crippen molar-refractivity contribution in [3.05, 3.63) is 58.7 Å². The summed E-state index contributed by atoms with van der Waals surface area (Å²) in [6, 6.07) is 3.54. The maximum Gasteiger partial charge on any atom is 0.264 e. The van der Waals surface area contributed by atoms with Gasteiger partial charge in [0.25, 0.3) is 15.9 Å². The minimum absolute atomic E-state index is 0.156. The average molecular weight is 345 g/mol. The molecule has 0 bridgehead atoms. The van der Waals surface area contributed by atoms with Gasteiger partial charge in [-0.2, -0.15) is 0 Å². The van der Waals surface area contributed by atoms with Gasteiger partial charge in [-0.3, -0.25) is 4.79 Å². The van der Waals surface area contributed by atoms with E-state index in [2.05, 4.69) is 14.7 Å². The van der Waals surface area contributed by atoms with E-state index in [0.29, 0.717) is 16.8 Å². The van der Waals surface area contributed by atoms with Crippen molar-refractivity contribution in [3.63, 3.8) is 0 Å². The summed E-state index contributed by atoms with van der Waals surface area (Å²) in [5.41, 5.74) is 3.51. The summed E-state index contributed by atoms with van der Waals surface area (Å²) < 4.78 is 27.3. The van der Waals surface area contributed by atoms with Gasteiger partial charge < -0.3 is 0 Å². The number of hydrogen-bond acceptors (Lipinski definition) is 5. The SMILES string of the molecule is Cc1cc(C)c(C)c(S(=O)(=O)NC(=O)C=Cc2ccncn2)c1C. The van der Waals surface area contributed by atoms with E-state index in [9.17, 15) is 13.2 Å². The fourth-order valence-electron chi connectivity index (χ4n) is 2.36. The maximum absolute atomic E-state index is 12.6. The number of carbonyl (C=O) groups is 1. The topological polar surface area (TPSA) is 89.0 Å². The van der Waals surface area contributed by atoms with Gasteiger partial charge >= 0.3 is 0 Å². The molecule has 0 unspecified atom stereocenters. The van der Waals surface area contributed by atoms with Gasteiger partial charge in [0.1, 0.15) is 6.33 Å². The smallest absolute Gasteiger partial charge is 0.264 e. The second kappa shape index (κ2) is 6.92. The third-order valence-corrected chi connectivity index (χ3v) is 5.43. The van der Waals surface area contributed by atoms with Crippen LogP contribution in [0.15, 0.2) is 35.6 Å². The molecule has 2 rings (SSSR count). The summed E-state index contributed by atoms with van der Waals surface area (Å²) in [6.07, 6.45) is 5.43. The summed E-state index contributed by atoms with van der Waals surface area (Å²) >= 11 is 0. The molecular formula is C17H19N3O3S. The van der Waals surface area contributed by atoms with Gasteiger partial charge in [0.2, 0.25) is 0 Å². The van der Waals surface area contributed by atoms with E-state index in [1.165, 1.54) is 18.6 Å². The predicted octanol–water partition coefficient (Wildman–Crippen LogP) is 2.23. The van der Waals surface area contributed by atoms with Crippen molar-refractivity contribution in [3.8, 4) is 0 Å². The fraction of sp³-hybridized carbons (Fsp3) is 0.235. The van der Waals surface area contributed by atoms with Crippen molar-refractivity contribution < 1.29 is 13.2 Å². The number of carbonyl (C=O) groups excluding carboxylic acids is 1. The largest absolute Gasteiger partial charge is 0.269 e. The minimum Gasteiger partial charge on any atom is -0.269 e. The molecule has 1 N–H and O–H groups in total. The Morgan fingerprint density at radius 1 is 1.12 bits per heavy atom. The van der Waals surface area contributed by atoms with Crippen LogP contribution >= 0.6 is 0 Å². The number of rotatable bonds is 4. The molecule has 0 aliphatic carbocycles. The normalized spacial score (nSPS) is 11.7.